The van der Waals surface area contributed by atoms with E-state index < -0.39 is 5.97 Å². The van der Waals surface area contributed by atoms with E-state index in [2.05, 4.69) is 0 Å². The number of carbonyl (C=O) groups is 1. The molecule has 1 N–H and O–H groups in total. The number of carboxylic acid groups (broad SMARTS) is 1. The van der Waals surface area contributed by atoms with E-state index in [1.165, 1.54) is 0 Å². The van der Waals surface area contributed by atoms with Crippen LogP contribution in [0.2, 0.25) is 0 Å². The zero-order valence-corrected chi connectivity index (χ0v) is 9.51. The van der Waals surface area contributed by atoms with Gasteiger partial charge in [-0.15, -0.1) is 0 Å². The molecule has 4 nitrogen and oxygen atoms in total. The van der Waals surface area contributed by atoms with Crippen LogP contribution in [0.3, 0.4) is 0 Å². The molecule has 88 valence electrons. The number of aliphatic carboxylic acids is 1. The maximum absolute atomic E-state index is 10.5. The molecule has 1 aromatic carbocycles. The highest BCUT2D eigenvalue weighted by molar-refractivity contribution is 5.85. The Bertz CT molecular complexity index is 455. The first kappa shape index (κ1) is 12.8. The molecule has 0 aliphatic carbocycles. The predicted molar refractivity (Wildman–Crippen MR) is 62.7 cm³/mol. The van der Waals surface area contributed by atoms with Crippen LogP contribution in [0.5, 0.6) is 5.75 Å². The fraction of sp³-hybridized carbons (Fsp3) is 0.231. The van der Waals surface area contributed by atoms with Crippen molar-refractivity contribution in [1.29, 1.82) is 5.26 Å². The molecule has 17 heavy (non-hydrogen) atoms. The SMILES string of the molecule is CC(=CCCOc1ccc(C#N)cc1)C(=O)O. The summed E-state index contributed by atoms with van der Waals surface area (Å²) in [6.45, 7) is 1.96. The fourth-order valence-corrected chi connectivity index (χ4v) is 1.17. The maximum Gasteiger partial charge on any atom is 0.330 e. The molecular formula is C13H13NO3. The quantitative estimate of drug-likeness (QED) is 0.623. The van der Waals surface area contributed by atoms with Crippen LogP contribution >= 0.6 is 0 Å². The highest BCUT2D eigenvalue weighted by Gasteiger charge is 1.98. The number of carboxylic acids is 1. The minimum absolute atomic E-state index is 0.313. The van der Waals surface area contributed by atoms with Crippen LogP contribution in [0.15, 0.2) is 35.9 Å². The summed E-state index contributed by atoms with van der Waals surface area (Å²) in [5.74, 6) is -0.242. The highest BCUT2D eigenvalue weighted by Crippen LogP contribution is 2.11. The Morgan fingerprint density at radius 2 is 2.12 bits per heavy atom. The van der Waals surface area contributed by atoms with Crippen LogP contribution in [0.4, 0.5) is 0 Å². The molecule has 0 heterocycles. The minimum atomic E-state index is -0.914. The van der Waals surface area contributed by atoms with Crippen molar-refractivity contribution in [2.75, 3.05) is 6.61 Å². The Kier molecular flexibility index (Phi) is 4.77. The zero-order chi connectivity index (χ0) is 12.7. The van der Waals surface area contributed by atoms with Crippen LogP contribution < -0.4 is 4.74 Å². The summed E-state index contributed by atoms with van der Waals surface area (Å²) in [7, 11) is 0. The maximum atomic E-state index is 10.5. The van der Waals surface area contributed by atoms with Gasteiger partial charge in [-0.1, -0.05) is 6.08 Å². The van der Waals surface area contributed by atoms with Gasteiger partial charge >= 0.3 is 5.97 Å². The van der Waals surface area contributed by atoms with Crippen LogP contribution in [0.25, 0.3) is 0 Å². The summed E-state index contributed by atoms with van der Waals surface area (Å²) in [6.07, 6.45) is 2.16. The van der Waals surface area contributed by atoms with Gasteiger partial charge in [0.25, 0.3) is 0 Å². The molecule has 0 amide bonds. The topological polar surface area (TPSA) is 70.3 Å². The summed E-state index contributed by atoms with van der Waals surface area (Å²) in [6, 6.07) is 8.80. The number of benzene rings is 1. The third-order valence-corrected chi connectivity index (χ3v) is 2.16. The molecular weight excluding hydrogens is 218 g/mol. The molecule has 0 fully saturated rings. The van der Waals surface area contributed by atoms with E-state index in [0.29, 0.717) is 29.9 Å². The van der Waals surface area contributed by atoms with E-state index in [4.69, 9.17) is 15.1 Å². The predicted octanol–water partition coefficient (Wildman–Crippen LogP) is 2.36. The first-order valence-corrected chi connectivity index (χ1v) is 5.16. The van der Waals surface area contributed by atoms with Gasteiger partial charge in [0.15, 0.2) is 0 Å². The van der Waals surface area contributed by atoms with Crippen LogP contribution in [0.1, 0.15) is 18.9 Å². The molecule has 0 spiro atoms. The Hall–Kier alpha value is -2.28. The Balaban J connectivity index is 2.39. The normalized spacial score (nSPS) is 10.7. The van der Waals surface area contributed by atoms with Crippen molar-refractivity contribution in [2.24, 2.45) is 0 Å². The van der Waals surface area contributed by atoms with Gasteiger partial charge in [0.2, 0.25) is 0 Å². The number of rotatable bonds is 5. The third-order valence-electron chi connectivity index (χ3n) is 2.16. The fourth-order valence-electron chi connectivity index (χ4n) is 1.17. The van der Waals surface area contributed by atoms with Crippen LogP contribution in [0, 0.1) is 11.3 Å². The van der Waals surface area contributed by atoms with Gasteiger partial charge in [0.05, 0.1) is 18.2 Å². The van der Waals surface area contributed by atoms with Crippen molar-refractivity contribution in [3.05, 3.63) is 41.5 Å². The summed E-state index contributed by atoms with van der Waals surface area (Å²) in [5, 5.41) is 17.2. The van der Waals surface area contributed by atoms with Gasteiger partial charge in [-0.2, -0.15) is 5.26 Å². The smallest absolute Gasteiger partial charge is 0.330 e. The molecule has 0 unspecified atom stereocenters. The first-order chi connectivity index (χ1) is 8.13. The molecule has 1 aromatic rings. The van der Waals surface area contributed by atoms with Crippen LogP contribution in [-0.4, -0.2) is 17.7 Å². The van der Waals surface area contributed by atoms with Gasteiger partial charge in [-0.05, 0) is 31.2 Å². The molecule has 0 saturated carbocycles. The Labute approximate surface area is 99.8 Å². The standard InChI is InChI=1S/C13H13NO3/c1-10(13(15)16)3-2-8-17-12-6-4-11(9-14)5-7-12/h3-7H,2,8H2,1H3,(H,15,16). The summed E-state index contributed by atoms with van der Waals surface area (Å²) in [5.41, 5.74) is 0.896. The Morgan fingerprint density at radius 3 is 2.65 bits per heavy atom. The third kappa shape index (κ3) is 4.39. The average molecular weight is 231 g/mol. The summed E-state index contributed by atoms with van der Waals surface area (Å²) >= 11 is 0. The van der Waals surface area contributed by atoms with Crippen molar-refractivity contribution in [3.8, 4) is 11.8 Å². The number of hydrogen-bond acceptors (Lipinski definition) is 3. The van der Waals surface area contributed by atoms with E-state index >= 15 is 0 Å². The molecule has 1 rings (SSSR count). The van der Waals surface area contributed by atoms with Gasteiger partial charge in [0, 0.05) is 12.0 Å². The van der Waals surface area contributed by atoms with Gasteiger partial charge in [-0.25, -0.2) is 4.79 Å². The lowest BCUT2D eigenvalue weighted by atomic mass is 10.2. The summed E-state index contributed by atoms with van der Waals surface area (Å²) in [4.78, 5) is 10.5. The van der Waals surface area contributed by atoms with E-state index in [9.17, 15) is 4.79 Å². The van der Waals surface area contributed by atoms with Crippen molar-refractivity contribution in [1.82, 2.24) is 0 Å². The Morgan fingerprint density at radius 1 is 1.47 bits per heavy atom. The lowest BCUT2D eigenvalue weighted by Crippen LogP contribution is -1.99. The highest BCUT2D eigenvalue weighted by atomic mass is 16.5. The minimum Gasteiger partial charge on any atom is -0.493 e. The van der Waals surface area contributed by atoms with E-state index in [0.717, 1.165) is 0 Å². The molecule has 4 heteroatoms. The monoisotopic (exact) mass is 231 g/mol. The van der Waals surface area contributed by atoms with Crippen molar-refractivity contribution in [3.63, 3.8) is 0 Å². The first-order valence-electron chi connectivity index (χ1n) is 5.16. The zero-order valence-electron chi connectivity index (χ0n) is 9.51. The van der Waals surface area contributed by atoms with Gasteiger partial charge < -0.3 is 9.84 Å². The molecule has 0 saturated heterocycles. The van der Waals surface area contributed by atoms with Crippen LogP contribution in [-0.2, 0) is 4.79 Å². The van der Waals surface area contributed by atoms with Gasteiger partial charge in [-0.3, -0.25) is 0 Å². The number of hydrogen-bond donors (Lipinski definition) is 1. The second-order valence-corrected chi connectivity index (χ2v) is 3.47. The molecule has 0 atom stereocenters. The number of nitriles is 1. The van der Waals surface area contributed by atoms with Crippen molar-refractivity contribution in [2.45, 2.75) is 13.3 Å². The second-order valence-electron chi connectivity index (χ2n) is 3.47. The molecule has 0 bridgehead atoms. The molecule has 0 aromatic heterocycles. The van der Waals surface area contributed by atoms with E-state index in [1.807, 2.05) is 6.07 Å². The van der Waals surface area contributed by atoms with Crippen molar-refractivity contribution < 1.29 is 14.6 Å². The van der Waals surface area contributed by atoms with Crippen molar-refractivity contribution >= 4 is 5.97 Å². The molecule has 0 aliphatic heterocycles. The number of ether oxygens (including phenoxy) is 1. The lowest BCUT2D eigenvalue weighted by Gasteiger charge is -2.04. The number of nitrogens with zero attached hydrogens (tertiary/aromatic N) is 1. The van der Waals surface area contributed by atoms with E-state index in [1.54, 1.807) is 37.3 Å². The lowest BCUT2D eigenvalue weighted by molar-refractivity contribution is -0.132. The summed E-state index contributed by atoms with van der Waals surface area (Å²) < 4.78 is 5.39. The molecule has 0 aliphatic rings. The van der Waals surface area contributed by atoms with E-state index in [-0.39, 0.29) is 0 Å². The second kappa shape index (κ2) is 6.33. The molecule has 0 radical (unpaired) electrons. The van der Waals surface area contributed by atoms with Gasteiger partial charge in [0.1, 0.15) is 5.75 Å². The average Bonchev–Trinajstić information content (AvgIpc) is 2.35. The largest absolute Gasteiger partial charge is 0.493 e.